The monoisotopic (exact) mass is 264 g/mol. The van der Waals surface area contributed by atoms with Gasteiger partial charge in [-0.3, -0.25) is 4.98 Å². The van der Waals surface area contributed by atoms with E-state index in [1.807, 2.05) is 18.2 Å². The summed E-state index contributed by atoms with van der Waals surface area (Å²) in [6, 6.07) is 16.2. The first kappa shape index (κ1) is 12.6. The average Bonchev–Trinajstić information content (AvgIpc) is 2.53. The van der Waals surface area contributed by atoms with Gasteiger partial charge in [0.05, 0.1) is 19.3 Å². The van der Waals surface area contributed by atoms with Crippen LogP contribution in [0.25, 0.3) is 10.8 Å². The van der Waals surface area contributed by atoms with Gasteiger partial charge in [-0.15, -0.1) is 0 Å². The van der Waals surface area contributed by atoms with Crippen LogP contribution in [0.5, 0.6) is 5.75 Å². The Kier molecular flexibility index (Phi) is 3.35. The van der Waals surface area contributed by atoms with Crippen LogP contribution in [0.4, 0.5) is 0 Å². The van der Waals surface area contributed by atoms with E-state index in [0.717, 1.165) is 11.1 Å². The molecule has 1 heterocycles. The summed E-state index contributed by atoms with van der Waals surface area (Å²) in [5.74, 6) is 0.716. The predicted octanol–water partition coefficient (Wildman–Crippen LogP) is 3.29. The molecule has 3 nitrogen and oxygen atoms in total. The van der Waals surface area contributed by atoms with E-state index >= 15 is 0 Å². The first-order valence-corrected chi connectivity index (χ1v) is 6.52. The molecule has 3 heteroatoms. The van der Waals surface area contributed by atoms with Gasteiger partial charge in [0, 0.05) is 11.8 Å². The number of rotatable bonds is 3. The van der Waals surface area contributed by atoms with Gasteiger partial charge in [-0.25, -0.2) is 0 Å². The van der Waals surface area contributed by atoms with Gasteiger partial charge in [0.1, 0.15) is 5.75 Å². The summed E-state index contributed by atoms with van der Waals surface area (Å²) in [6.07, 6.45) is 3.43. The number of ether oxygens (including phenoxy) is 1. The van der Waals surface area contributed by atoms with Crippen LogP contribution in [0.1, 0.15) is 17.2 Å². The fourth-order valence-corrected chi connectivity index (χ4v) is 2.40. The van der Waals surface area contributed by atoms with Crippen LogP contribution in [-0.4, -0.2) is 12.1 Å². The van der Waals surface area contributed by atoms with Crippen LogP contribution >= 0.6 is 0 Å². The molecule has 3 rings (SSSR count). The lowest BCUT2D eigenvalue weighted by atomic mass is 9.97. The highest BCUT2D eigenvalue weighted by molar-refractivity contribution is 5.83. The maximum absolute atomic E-state index is 6.38. The molecule has 20 heavy (non-hydrogen) atoms. The molecule has 3 aromatic rings. The molecule has 2 N–H and O–H groups in total. The van der Waals surface area contributed by atoms with Crippen molar-refractivity contribution >= 4 is 10.8 Å². The summed E-state index contributed by atoms with van der Waals surface area (Å²) in [6.45, 7) is 0. The Balaban J connectivity index is 2.05. The lowest BCUT2D eigenvalue weighted by Crippen LogP contribution is -2.13. The van der Waals surface area contributed by atoms with Crippen LogP contribution in [0.2, 0.25) is 0 Å². The van der Waals surface area contributed by atoms with Crippen LogP contribution < -0.4 is 10.5 Å². The number of hydrogen-bond acceptors (Lipinski definition) is 3. The molecule has 1 unspecified atom stereocenters. The zero-order valence-corrected chi connectivity index (χ0v) is 11.3. The second-order valence-corrected chi connectivity index (χ2v) is 4.70. The number of hydrogen-bond donors (Lipinski definition) is 1. The topological polar surface area (TPSA) is 48.1 Å². The first-order chi connectivity index (χ1) is 9.79. The van der Waals surface area contributed by atoms with Gasteiger partial charge in [-0.05, 0) is 28.5 Å². The molecule has 0 fully saturated rings. The van der Waals surface area contributed by atoms with E-state index in [4.69, 9.17) is 10.5 Å². The molecule has 0 bridgehead atoms. The summed E-state index contributed by atoms with van der Waals surface area (Å²) in [5, 5.41) is 2.40. The van der Waals surface area contributed by atoms with Crippen molar-refractivity contribution in [1.82, 2.24) is 4.98 Å². The van der Waals surface area contributed by atoms with Crippen molar-refractivity contribution in [1.29, 1.82) is 0 Å². The van der Waals surface area contributed by atoms with Gasteiger partial charge < -0.3 is 10.5 Å². The SMILES string of the molecule is COc1cnccc1C(N)c1ccc2ccccc2c1. The van der Waals surface area contributed by atoms with Crippen molar-refractivity contribution < 1.29 is 4.74 Å². The van der Waals surface area contributed by atoms with Gasteiger partial charge in [0.15, 0.2) is 0 Å². The van der Waals surface area contributed by atoms with Gasteiger partial charge in [-0.1, -0.05) is 36.4 Å². The number of nitrogens with two attached hydrogens (primary N) is 1. The van der Waals surface area contributed by atoms with Crippen LogP contribution in [0, 0.1) is 0 Å². The van der Waals surface area contributed by atoms with E-state index in [9.17, 15) is 0 Å². The molecule has 100 valence electrons. The standard InChI is InChI=1S/C17H16N2O/c1-20-16-11-19-9-8-15(16)17(18)14-7-6-12-4-2-3-5-13(12)10-14/h2-11,17H,18H2,1H3. The number of fused-ring (bicyclic) bond motifs is 1. The lowest BCUT2D eigenvalue weighted by Gasteiger charge is -2.16. The molecule has 0 aliphatic heterocycles. The number of benzene rings is 2. The summed E-state index contributed by atoms with van der Waals surface area (Å²) in [7, 11) is 1.63. The second-order valence-electron chi connectivity index (χ2n) is 4.70. The first-order valence-electron chi connectivity index (χ1n) is 6.52. The van der Waals surface area contributed by atoms with Crippen LogP contribution in [0.3, 0.4) is 0 Å². The van der Waals surface area contributed by atoms with Crippen LogP contribution in [0.15, 0.2) is 60.9 Å². The highest BCUT2D eigenvalue weighted by atomic mass is 16.5. The van der Waals surface area contributed by atoms with Gasteiger partial charge >= 0.3 is 0 Å². The Morgan fingerprint density at radius 3 is 2.65 bits per heavy atom. The van der Waals surface area contributed by atoms with Crippen LogP contribution in [-0.2, 0) is 0 Å². The molecular formula is C17H16N2O. The summed E-state index contributed by atoms with van der Waals surface area (Å²) in [5.41, 5.74) is 8.38. The van der Waals surface area contributed by atoms with E-state index in [2.05, 4.69) is 35.3 Å². The molecule has 0 radical (unpaired) electrons. The molecule has 0 aliphatic rings. The molecule has 0 amide bonds. The zero-order valence-electron chi connectivity index (χ0n) is 11.3. The van der Waals surface area contributed by atoms with Crippen molar-refractivity contribution in [2.24, 2.45) is 5.73 Å². The number of methoxy groups -OCH3 is 1. The quantitative estimate of drug-likeness (QED) is 0.789. The van der Waals surface area contributed by atoms with E-state index in [1.54, 1.807) is 19.5 Å². The molecule has 1 atom stereocenters. The Hall–Kier alpha value is -2.39. The largest absolute Gasteiger partial charge is 0.495 e. The number of nitrogens with zero attached hydrogens (tertiary/aromatic N) is 1. The van der Waals surface area contributed by atoms with Crippen molar-refractivity contribution in [3.05, 3.63) is 72.1 Å². The summed E-state index contributed by atoms with van der Waals surface area (Å²) < 4.78 is 5.33. The maximum Gasteiger partial charge on any atom is 0.142 e. The van der Waals surface area contributed by atoms with Gasteiger partial charge in [0.2, 0.25) is 0 Å². The van der Waals surface area contributed by atoms with E-state index in [1.165, 1.54) is 10.8 Å². The minimum absolute atomic E-state index is 0.224. The second kappa shape index (κ2) is 5.31. The smallest absolute Gasteiger partial charge is 0.142 e. The predicted molar refractivity (Wildman–Crippen MR) is 80.8 cm³/mol. The third-order valence-corrected chi connectivity index (χ3v) is 3.50. The average molecular weight is 264 g/mol. The van der Waals surface area contributed by atoms with Gasteiger partial charge in [0.25, 0.3) is 0 Å². The molecule has 0 spiro atoms. The van der Waals surface area contributed by atoms with Crippen molar-refractivity contribution in [3.8, 4) is 5.75 Å². The Morgan fingerprint density at radius 1 is 1.05 bits per heavy atom. The summed E-state index contributed by atoms with van der Waals surface area (Å²) in [4.78, 5) is 4.06. The number of pyridine rings is 1. The minimum atomic E-state index is -0.224. The molecule has 1 aromatic heterocycles. The fraction of sp³-hybridized carbons (Fsp3) is 0.118. The molecule has 0 saturated carbocycles. The normalized spacial score (nSPS) is 12.3. The number of aromatic nitrogens is 1. The molecular weight excluding hydrogens is 248 g/mol. The zero-order chi connectivity index (χ0) is 13.9. The minimum Gasteiger partial charge on any atom is -0.495 e. The molecule has 0 saturated heterocycles. The Bertz CT molecular complexity index is 740. The van der Waals surface area contributed by atoms with Gasteiger partial charge in [-0.2, -0.15) is 0 Å². The van der Waals surface area contributed by atoms with Crippen molar-refractivity contribution in [2.75, 3.05) is 7.11 Å². The highest BCUT2D eigenvalue weighted by Gasteiger charge is 2.14. The highest BCUT2D eigenvalue weighted by Crippen LogP contribution is 2.28. The van der Waals surface area contributed by atoms with E-state index in [-0.39, 0.29) is 6.04 Å². The van der Waals surface area contributed by atoms with Crippen molar-refractivity contribution in [2.45, 2.75) is 6.04 Å². The Morgan fingerprint density at radius 2 is 1.85 bits per heavy atom. The lowest BCUT2D eigenvalue weighted by molar-refractivity contribution is 0.406. The fourth-order valence-electron chi connectivity index (χ4n) is 2.40. The third-order valence-electron chi connectivity index (χ3n) is 3.50. The molecule has 2 aromatic carbocycles. The third kappa shape index (κ3) is 2.24. The van der Waals surface area contributed by atoms with E-state index < -0.39 is 0 Å². The maximum atomic E-state index is 6.38. The summed E-state index contributed by atoms with van der Waals surface area (Å²) >= 11 is 0. The van der Waals surface area contributed by atoms with Crippen molar-refractivity contribution in [3.63, 3.8) is 0 Å². The molecule has 0 aliphatic carbocycles. The Labute approximate surface area is 118 Å². The van der Waals surface area contributed by atoms with E-state index in [0.29, 0.717) is 5.75 Å².